The van der Waals surface area contributed by atoms with Gasteiger partial charge in [-0.3, -0.25) is 0 Å². The standard InChI is InChI=1S/C23H42O6/c1-19-20(24)18-21(25)23(29-19)28-17-15-13-11-9-7-5-3-2-4-6-8-10-12-14-16-22(26)27/h14,16,19-21,23-25H,2-13,15,17-18H2,1H3,(H,26,27)/p-1/b16-14+/t19-,20+,21+,23+/m0/s1. The number of carboxylic acid groups (broad SMARTS) is 1. The van der Waals surface area contributed by atoms with E-state index in [0.29, 0.717) is 13.0 Å². The second kappa shape index (κ2) is 16.8. The number of hydrogen-bond acceptors (Lipinski definition) is 6. The van der Waals surface area contributed by atoms with Crippen LogP contribution in [0, 0.1) is 0 Å². The summed E-state index contributed by atoms with van der Waals surface area (Å²) in [6.07, 6.45) is 16.2. The molecule has 6 nitrogen and oxygen atoms in total. The van der Waals surface area contributed by atoms with Crippen LogP contribution in [-0.2, 0) is 14.3 Å². The first-order valence-electron chi connectivity index (χ1n) is 11.5. The molecule has 6 heteroatoms. The zero-order valence-corrected chi connectivity index (χ0v) is 18.1. The maximum Gasteiger partial charge on any atom is 0.183 e. The monoisotopic (exact) mass is 413 g/mol. The van der Waals surface area contributed by atoms with Crippen molar-refractivity contribution in [2.24, 2.45) is 0 Å². The van der Waals surface area contributed by atoms with Crippen molar-refractivity contribution in [1.29, 1.82) is 0 Å². The summed E-state index contributed by atoms with van der Waals surface area (Å²) in [6, 6.07) is 0. The number of rotatable bonds is 17. The van der Waals surface area contributed by atoms with Gasteiger partial charge in [-0.15, -0.1) is 0 Å². The van der Waals surface area contributed by atoms with Crippen LogP contribution in [0.5, 0.6) is 0 Å². The van der Waals surface area contributed by atoms with Gasteiger partial charge in [-0.25, -0.2) is 0 Å². The fraction of sp³-hybridized carbons (Fsp3) is 0.870. The van der Waals surface area contributed by atoms with Gasteiger partial charge in [0.1, 0.15) is 6.10 Å². The predicted molar refractivity (Wildman–Crippen MR) is 111 cm³/mol. The normalized spacial score (nSPS) is 24.9. The van der Waals surface area contributed by atoms with Crippen molar-refractivity contribution in [3.8, 4) is 0 Å². The van der Waals surface area contributed by atoms with E-state index >= 15 is 0 Å². The molecule has 0 radical (unpaired) electrons. The molecule has 1 fully saturated rings. The van der Waals surface area contributed by atoms with E-state index in [0.717, 1.165) is 31.8 Å². The van der Waals surface area contributed by atoms with Crippen molar-refractivity contribution in [3.05, 3.63) is 12.2 Å². The van der Waals surface area contributed by atoms with Gasteiger partial charge in [0.15, 0.2) is 6.29 Å². The number of carboxylic acids is 1. The molecule has 1 aliphatic rings. The van der Waals surface area contributed by atoms with E-state index in [2.05, 4.69) is 0 Å². The van der Waals surface area contributed by atoms with Crippen molar-refractivity contribution >= 4 is 5.97 Å². The van der Waals surface area contributed by atoms with Crippen LogP contribution in [0.2, 0.25) is 0 Å². The Morgan fingerprint density at radius 2 is 1.45 bits per heavy atom. The molecule has 0 spiro atoms. The van der Waals surface area contributed by atoms with Gasteiger partial charge in [-0.05, 0) is 32.3 Å². The predicted octanol–water partition coefficient (Wildman–Crippen LogP) is 3.24. The Morgan fingerprint density at radius 3 is 2.00 bits per heavy atom. The zero-order valence-electron chi connectivity index (χ0n) is 18.1. The Bertz CT molecular complexity index is 439. The topological polar surface area (TPSA) is 99.1 Å². The van der Waals surface area contributed by atoms with Gasteiger partial charge in [0.2, 0.25) is 0 Å². The lowest BCUT2D eigenvalue weighted by Crippen LogP contribution is -2.47. The first-order valence-corrected chi connectivity index (χ1v) is 11.5. The van der Waals surface area contributed by atoms with Crippen LogP contribution in [0.3, 0.4) is 0 Å². The molecule has 0 unspecified atom stereocenters. The molecule has 0 saturated carbocycles. The summed E-state index contributed by atoms with van der Waals surface area (Å²) in [5.41, 5.74) is 0. The molecule has 1 aliphatic heterocycles. The average molecular weight is 414 g/mol. The van der Waals surface area contributed by atoms with Crippen molar-refractivity contribution in [2.75, 3.05) is 6.61 Å². The summed E-state index contributed by atoms with van der Waals surface area (Å²) in [6.45, 7) is 2.39. The summed E-state index contributed by atoms with van der Waals surface area (Å²) in [5.74, 6) is -1.11. The molecule has 29 heavy (non-hydrogen) atoms. The molecule has 1 rings (SSSR count). The summed E-state index contributed by atoms with van der Waals surface area (Å²) in [7, 11) is 0. The molecule has 0 aromatic carbocycles. The Hall–Kier alpha value is -0.950. The minimum absolute atomic E-state index is 0.290. The van der Waals surface area contributed by atoms with Gasteiger partial charge in [0, 0.05) is 13.0 Å². The second-order valence-electron chi connectivity index (χ2n) is 8.20. The van der Waals surface area contributed by atoms with Crippen molar-refractivity contribution in [3.63, 3.8) is 0 Å². The molecule has 0 amide bonds. The van der Waals surface area contributed by atoms with E-state index in [-0.39, 0.29) is 6.10 Å². The molecular weight excluding hydrogens is 372 g/mol. The first kappa shape index (κ1) is 26.1. The van der Waals surface area contributed by atoms with Gasteiger partial charge >= 0.3 is 0 Å². The molecule has 1 heterocycles. The van der Waals surface area contributed by atoms with Crippen molar-refractivity contribution < 1.29 is 29.6 Å². The number of unbranched alkanes of at least 4 members (excludes halogenated alkanes) is 12. The smallest absolute Gasteiger partial charge is 0.183 e. The molecule has 2 N–H and O–H groups in total. The summed E-state index contributed by atoms with van der Waals surface area (Å²) in [4.78, 5) is 10.2. The number of allylic oxidation sites excluding steroid dienone is 1. The zero-order chi connectivity index (χ0) is 21.3. The van der Waals surface area contributed by atoms with Crippen LogP contribution in [0.1, 0.15) is 96.8 Å². The third-order valence-corrected chi connectivity index (χ3v) is 5.49. The first-order chi connectivity index (χ1) is 14.0. The van der Waals surface area contributed by atoms with Gasteiger partial charge in [-0.1, -0.05) is 70.3 Å². The van der Waals surface area contributed by atoms with E-state index in [4.69, 9.17) is 9.47 Å². The Kier molecular flexibility index (Phi) is 15.1. The summed E-state index contributed by atoms with van der Waals surface area (Å²) < 4.78 is 11.1. The van der Waals surface area contributed by atoms with E-state index in [9.17, 15) is 20.1 Å². The molecule has 170 valence electrons. The molecule has 0 aliphatic carbocycles. The number of aliphatic hydroxyl groups excluding tert-OH is 2. The Morgan fingerprint density at radius 1 is 0.931 bits per heavy atom. The highest BCUT2D eigenvalue weighted by Gasteiger charge is 2.34. The van der Waals surface area contributed by atoms with Crippen LogP contribution in [0.4, 0.5) is 0 Å². The third kappa shape index (κ3) is 13.8. The van der Waals surface area contributed by atoms with E-state index in [1.807, 2.05) is 0 Å². The number of hydrogen-bond donors (Lipinski definition) is 2. The second-order valence-corrected chi connectivity index (χ2v) is 8.20. The molecular formula is C23H41O6-. The lowest BCUT2D eigenvalue weighted by molar-refractivity contribution is -0.297. The maximum absolute atomic E-state index is 10.2. The van der Waals surface area contributed by atoms with E-state index in [1.165, 1.54) is 57.8 Å². The van der Waals surface area contributed by atoms with E-state index < -0.39 is 24.5 Å². The number of aliphatic hydroxyl groups is 2. The van der Waals surface area contributed by atoms with Gasteiger partial charge < -0.3 is 29.6 Å². The average Bonchev–Trinajstić information content (AvgIpc) is 2.67. The molecule has 0 aromatic rings. The van der Waals surface area contributed by atoms with Crippen LogP contribution < -0.4 is 5.11 Å². The third-order valence-electron chi connectivity index (χ3n) is 5.49. The highest BCUT2D eigenvalue weighted by Crippen LogP contribution is 2.21. The summed E-state index contributed by atoms with van der Waals surface area (Å²) in [5, 5.41) is 29.7. The van der Waals surface area contributed by atoms with Crippen LogP contribution in [-0.4, -0.2) is 47.4 Å². The van der Waals surface area contributed by atoms with Crippen LogP contribution in [0.15, 0.2) is 12.2 Å². The largest absolute Gasteiger partial charge is 0.545 e. The number of ether oxygens (including phenoxy) is 2. The van der Waals surface area contributed by atoms with Gasteiger partial charge in [-0.2, -0.15) is 0 Å². The molecule has 0 bridgehead atoms. The van der Waals surface area contributed by atoms with Crippen LogP contribution in [0.25, 0.3) is 0 Å². The number of carbonyl (C=O) groups excluding carboxylic acids is 1. The van der Waals surface area contributed by atoms with Crippen molar-refractivity contribution in [1.82, 2.24) is 0 Å². The maximum atomic E-state index is 10.2. The highest BCUT2D eigenvalue weighted by molar-refractivity contribution is 5.77. The highest BCUT2D eigenvalue weighted by atomic mass is 16.7. The molecule has 4 atom stereocenters. The van der Waals surface area contributed by atoms with Gasteiger partial charge in [0.05, 0.1) is 18.2 Å². The number of aliphatic carboxylic acids is 1. The minimum Gasteiger partial charge on any atom is -0.545 e. The van der Waals surface area contributed by atoms with Crippen LogP contribution >= 0.6 is 0 Å². The van der Waals surface area contributed by atoms with Gasteiger partial charge in [0.25, 0.3) is 0 Å². The summed E-state index contributed by atoms with van der Waals surface area (Å²) >= 11 is 0. The fourth-order valence-corrected chi connectivity index (χ4v) is 3.60. The Balaban J connectivity index is 1.79. The lowest BCUT2D eigenvalue weighted by atomic mass is 10.0. The van der Waals surface area contributed by atoms with Crippen molar-refractivity contribution in [2.45, 2.75) is 121 Å². The SMILES string of the molecule is C[C@@H]1O[C@@H](OCCCCCCCCCCCCCC/C=C/C(=O)[O-])[C@H](O)C[C@H]1O. The quantitative estimate of drug-likeness (QED) is 0.281. The van der Waals surface area contributed by atoms with E-state index in [1.54, 1.807) is 13.0 Å². The lowest BCUT2D eigenvalue weighted by Gasteiger charge is -2.35. The Labute approximate surface area is 176 Å². The minimum atomic E-state index is -1.11. The molecule has 1 saturated heterocycles. The number of carbonyl (C=O) groups is 1. The molecule has 0 aromatic heterocycles. The fourth-order valence-electron chi connectivity index (χ4n) is 3.60.